The van der Waals surface area contributed by atoms with Gasteiger partial charge in [0.25, 0.3) is 0 Å². The van der Waals surface area contributed by atoms with Crippen LogP contribution in [0.3, 0.4) is 0 Å². The molecule has 13 heteroatoms. The summed E-state index contributed by atoms with van der Waals surface area (Å²) in [4.78, 5) is 37.7. The van der Waals surface area contributed by atoms with Crippen LogP contribution in [0.5, 0.6) is 0 Å². The summed E-state index contributed by atoms with van der Waals surface area (Å²) in [5, 5.41) is 38.9. The Balaban J connectivity index is -0.000000106. The Labute approximate surface area is 131 Å². The highest BCUT2D eigenvalue weighted by atomic mass is 16.4. The minimum atomic E-state index is -1.18. The fraction of sp³-hybridized carbons (Fsp3) is 0.600. The molecule has 0 aliphatic heterocycles. The van der Waals surface area contributed by atoms with Gasteiger partial charge in [-0.15, -0.1) is 0 Å². The topological polar surface area (TPSA) is 274 Å². The summed E-state index contributed by atoms with van der Waals surface area (Å²) < 4.78 is 0. The minimum Gasteiger partial charge on any atom is -0.481 e. The van der Waals surface area contributed by atoms with Crippen LogP contribution in [0.15, 0.2) is 0 Å². The number of aliphatic hydroxyl groups is 1. The molecule has 0 heterocycles. The molecule has 13 nitrogen and oxygen atoms in total. The van der Waals surface area contributed by atoms with E-state index in [2.05, 4.69) is 11.5 Å². The van der Waals surface area contributed by atoms with Crippen molar-refractivity contribution in [2.45, 2.75) is 12.5 Å². The van der Waals surface area contributed by atoms with Gasteiger partial charge >= 0.3 is 23.9 Å². The second kappa shape index (κ2) is 22.0. The van der Waals surface area contributed by atoms with Gasteiger partial charge in [0.15, 0.2) is 0 Å². The highest BCUT2D eigenvalue weighted by molar-refractivity contribution is 5.73. The highest BCUT2D eigenvalue weighted by Gasteiger charge is 2.07. The quantitative estimate of drug-likeness (QED) is 0.221. The van der Waals surface area contributed by atoms with E-state index in [0.717, 1.165) is 0 Å². The predicted molar refractivity (Wildman–Crippen MR) is 77.4 cm³/mol. The molecule has 0 rings (SSSR count). The lowest BCUT2D eigenvalue weighted by molar-refractivity contribution is -0.139. The molecular formula is C10H24N4O9. The number of aliphatic carboxylic acids is 4. The number of aliphatic hydroxyl groups excluding tert-OH is 1. The number of carbonyl (C=O) groups is 4. The third-order valence-electron chi connectivity index (χ3n) is 1.22. The lowest BCUT2D eigenvalue weighted by Crippen LogP contribution is -2.33. The van der Waals surface area contributed by atoms with Crippen molar-refractivity contribution in [3.05, 3.63) is 0 Å². The van der Waals surface area contributed by atoms with Crippen LogP contribution in [0.4, 0.5) is 0 Å². The normalized spacial score (nSPS) is 9.43. The van der Waals surface area contributed by atoms with Gasteiger partial charge in [0.2, 0.25) is 0 Å². The Kier molecular flexibility index (Phi) is 27.5. The Morgan fingerprint density at radius 3 is 1.09 bits per heavy atom. The number of carboxylic acids is 4. The van der Waals surface area contributed by atoms with E-state index in [-0.39, 0.29) is 26.1 Å². The van der Waals surface area contributed by atoms with Crippen LogP contribution in [0.2, 0.25) is 0 Å². The van der Waals surface area contributed by atoms with Crippen LogP contribution in [-0.2, 0) is 19.2 Å². The molecule has 0 bridgehead atoms. The zero-order valence-electron chi connectivity index (χ0n) is 12.3. The van der Waals surface area contributed by atoms with Gasteiger partial charge in [-0.3, -0.25) is 19.2 Å². The molecule has 0 aromatic rings. The molecule has 0 saturated carbocycles. The van der Waals surface area contributed by atoms with Crippen molar-refractivity contribution in [2.75, 3.05) is 26.2 Å². The number of hydrogen-bond donors (Lipinski definition) is 9. The molecule has 0 spiro atoms. The van der Waals surface area contributed by atoms with Crippen molar-refractivity contribution in [1.29, 1.82) is 0 Å². The van der Waals surface area contributed by atoms with Gasteiger partial charge in [0.1, 0.15) is 6.04 Å². The fourth-order valence-electron chi connectivity index (χ4n) is 0.202. The van der Waals surface area contributed by atoms with Crippen LogP contribution >= 0.6 is 0 Å². The van der Waals surface area contributed by atoms with Crippen LogP contribution in [0.1, 0.15) is 6.42 Å². The third-order valence-corrected chi connectivity index (χ3v) is 1.22. The highest BCUT2D eigenvalue weighted by Crippen LogP contribution is 1.71. The molecule has 1 unspecified atom stereocenters. The zero-order chi connectivity index (χ0) is 19.4. The number of hydrogen-bond acceptors (Lipinski definition) is 9. The van der Waals surface area contributed by atoms with Gasteiger partial charge in [-0.2, -0.15) is 0 Å². The van der Waals surface area contributed by atoms with Crippen molar-refractivity contribution in [3.8, 4) is 0 Å². The van der Waals surface area contributed by atoms with Gasteiger partial charge < -0.3 is 48.5 Å². The molecule has 13 N–H and O–H groups in total. The van der Waals surface area contributed by atoms with E-state index in [4.69, 9.17) is 37.0 Å². The van der Waals surface area contributed by atoms with E-state index >= 15 is 0 Å². The second-order valence-electron chi connectivity index (χ2n) is 3.26. The number of carboxylic acid groups (broad SMARTS) is 4. The smallest absolute Gasteiger partial charge is 0.322 e. The van der Waals surface area contributed by atoms with Gasteiger partial charge in [0.05, 0.1) is 26.1 Å². The molecule has 0 fully saturated rings. The van der Waals surface area contributed by atoms with Crippen LogP contribution in [-0.4, -0.2) is 81.7 Å². The molecule has 23 heavy (non-hydrogen) atoms. The first-order valence-electron chi connectivity index (χ1n) is 5.84. The van der Waals surface area contributed by atoms with Gasteiger partial charge in [-0.05, 0) is 0 Å². The molecule has 0 radical (unpaired) electrons. The van der Waals surface area contributed by atoms with Crippen molar-refractivity contribution < 1.29 is 44.7 Å². The summed E-state index contributed by atoms with van der Waals surface area (Å²) in [5.41, 5.74) is 18.8. The van der Waals surface area contributed by atoms with Crippen molar-refractivity contribution in [1.82, 2.24) is 0 Å². The molecule has 0 saturated heterocycles. The number of rotatable bonds is 6. The molecule has 0 aliphatic rings. The zero-order valence-corrected chi connectivity index (χ0v) is 12.3. The Morgan fingerprint density at radius 1 is 0.783 bits per heavy atom. The van der Waals surface area contributed by atoms with E-state index in [1.165, 1.54) is 0 Å². The summed E-state index contributed by atoms with van der Waals surface area (Å²) >= 11 is 0. The van der Waals surface area contributed by atoms with Crippen molar-refractivity contribution in [2.24, 2.45) is 22.9 Å². The first-order chi connectivity index (χ1) is 10.5. The van der Waals surface area contributed by atoms with Crippen molar-refractivity contribution >= 4 is 23.9 Å². The van der Waals surface area contributed by atoms with Crippen molar-refractivity contribution in [3.63, 3.8) is 0 Å². The van der Waals surface area contributed by atoms with E-state index < -0.39 is 36.5 Å². The molecule has 0 aliphatic carbocycles. The maximum absolute atomic E-state index is 9.65. The monoisotopic (exact) mass is 344 g/mol. The second-order valence-corrected chi connectivity index (χ2v) is 3.26. The van der Waals surface area contributed by atoms with Crippen LogP contribution < -0.4 is 22.9 Å². The summed E-state index contributed by atoms with van der Waals surface area (Å²) in [6.45, 7) is -0.829. The maximum atomic E-state index is 9.65. The maximum Gasteiger partial charge on any atom is 0.322 e. The minimum absolute atomic E-state index is 0.0694. The van der Waals surface area contributed by atoms with E-state index in [0.29, 0.717) is 0 Å². The average molecular weight is 344 g/mol. The molecule has 0 aromatic heterocycles. The Hall–Kier alpha value is -2.32. The summed E-state index contributed by atoms with van der Waals surface area (Å²) in [6.07, 6.45) is 0.0694. The van der Waals surface area contributed by atoms with E-state index in [9.17, 15) is 19.2 Å². The van der Waals surface area contributed by atoms with Gasteiger partial charge in [-0.25, -0.2) is 0 Å². The largest absolute Gasteiger partial charge is 0.481 e. The summed E-state index contributed by atoms with van der Waals surface area (Å²) in [6, 6.07) is -1.13. The Bertz CT molecular complexity index is 324. The van der Waals surface area contributed by atoms with Gasteiger partial charge in [0, 0.05) is 6.54 Å². The summed E-state index contributed by atoms with van der Waals surface area (Å²) in [7, 11) is 0. The van der Waals surface area contributed by atoms with Crippen LogP contribution in [0.25, 0.3) is 0 Å². The van der Waals surface area contributed by atoms with Crippen LogP contribution in [0, 0.1) is 0 Å². The SMILES string of the molecule is NC(CO)C(=O)O.NCC(=O)O.NCC(=O)O.NCCC(=O)O. The standard InChI is InChI=1S/C3H7NO3.C3H7NO2.2C2H5NO2/c4-2(1-5)3(6)7;4-2-1-3(5)6;2*3-1-2(4)5/h2,5H,1,4H2,(H,6,7);1-2,4H2,(H,5,6);2*1,3H2,(H,4,5). The lowest BCUT2D eigenvalue weighted by Gasteiger charge is -1.96. The Morgan fingerprint density at radius 2 is 1.09 bits per heavy atom. The number of nitrogens with two attached hydrogens (primary N) is 4. The third kappa shape index (κ3) is 53.9. The molecular weight excluding hydrogens is 320 g/mol. The first-order valence-corrected chi connectivity index (χ1v) is 5.84. The average Bonchev–Trinajstić information content (AvgIpc) is 2.47. The lowest BCUT2D eigenvalue weighted by atomic mass is 10.3. The van der Waals surface area contributed by atoms with Gasteiger partial charge in [-0.1, -0.05) is 0 Å². The fourth-order valence-corrected chi connectivity index (χ4v) is 0.202. The predicted octanol–water partition coefficient (Wildman–Crippen LogP) is -4.13. The molecule has 0 aromatic carbocycles. The molecule has 138 valence electrons. The van der Waals surface area contributed by atoms with E-state index in [1.54, 1.807) is 0 Å². The first kappa shape index (κ1) is 28.8. The van der Waals surface area contributed by atoms with E-state index in [1.807, 2.05) is 0 Å². The molecule has 1 atom stereocenters. The molecule has 0 amide bonds. The summed E-state index contributed by atoms with van der Waals surface area (Å²) in [5.74, 6) is -3.95.